The third-order valence-electron chi connectivity index (χ3n) is 3.50. The van der Waals surface area contributed by atoms with E-state index in [1.807, 2.05) is 0 Å². The molecule has 1 aliphatic heterocycles. The number of hydrogen-bond acceptors (Lipinski definition) is 5. The Morgan fingerprint density at radius 3 is 2.73 bits per heavy atom. The smallest absolute Gasteiger partial charge is 0.289 e. The fourth-order valence-electron chi connectivity index (χ4n) is 2.26. The summed E-state index contributed by atoms with van der Waals surface area (Å²) in [5, 5.41) is 13.4. The summed E-state index contributed by atoms with van der Waals surface area (Å²) in [5.41, 5.74) is -0.591. The molecule has 0 radical (unpaired) electrons. The molecular formula is C12H15F2N3O4S. The average molecular weight is 335 g/mol. The van der Waals surface area contributed by atoms with Crippen molar-refractivity contribution in [3.8, 4) is 0 Å². The highest BCUT2D eigenvalue weighted by atomic mass is 32.2. The maximum atomic E-state index is 13.6. The molecular weight excluding hydrogens is 320 g/mol. The molecule has 1 atom stereocenters. The summed E-state index contributed by atoms with van der Waals surface area (Å²) in [6.45, 7) is -0.610. The van der Waals surface area contributed by atoms with E-state index in [9.17, 15) is 27.3 Å². The molecule has 22 heavy (non-hydrogen) atoms. The Morgan fingerprint density at radius 1 is 1.41 bits per heavy atom. The minimum absolute atomic E-state index is 0.117. The van der Waals surface area contributed by atoms with Crippen molar-refractivity contribution in [2.75, 3.05) is 19.6 Å². The van der Waals surface area contributed by atoms with Crippen LogP contribution in [-0.2, 0) is 10.0 Å². The lowest BCUT2D eigenvalue weighted by atomic mass is 9.94. The van der Waals surface area contributed by atoms with Gasteiger partial charge in [0.2, 0.25) is 10.0 Å². The standard InChI is InChI=1S/C12H15F2N3O4S/c13-12(14)8-15-6-5-9(12)7-16-22(20,21)11-4-2-1-3-10(11)17(18)19/h1-4,9,15-16H,5-8H2. The van der Waals surface area contributed by atoms with Crippen molar-refractivity contribution >= 4 is 15.7 Å². The second-order valence-corrected chi connectivity index (χ2v) is 6.74. The number of halogens is 2. The van der Waals surface area contributed by atoms with E-state index in [2.05, 4.69) is 10.0 Å². The van der Waals surface area contributed by atoms with Crippen LogP contribution < -0.4 is 10.0 Å². The van der Waals surface area contributed by atoms with E-state index in [0.717, 1.165) is 12.1 Å². The zero-order chi connectivity index (χ0) is 16.4. The van der Waals surface area contributed by atoms with Gasteiger partial charge in [-0.05, 0) is 19.0 Å². The number of benzene rings is 1. The van der Waals surface area contributed by atoms with Gasteiger partial charge in [0.1, 0.15) is 0 Å². The van der Waals surface area contributed by atoms with E-state index in [0.29, 0.717) is 6.54 Å². The molecule has 10 heteroatoms. The van der Waals surface area contributed by atoms with Crippen molar-refractivity contribution in [3.63, 3.8) is 0 Å². The van der Waals surface area contributed by atoms with Crippen LogP contribution in [0, 0.1) is 16.0 Å². The van der Waals surface area contributed by atoms with Gasteiger partial charge < -0.3 is 5.32 Å². The van der Waals surface area contributed by atoms with Crippen molar-refractivity contribution in [3.05, 3.63) is 34.4 Å². The molecule has 0 amide bonds. The molecule has 0 spiro atoms. The fraction of sp³-hybridized carbons (Fsp3) is 0.500. The summed E-state index contributed by atoms with van der Waals surface area (Å²) < 4.78 is 53.6. The Balaban J connectivity index is 2.17. The maximum Gasteiger partial charge on any atom is 0.289 e. The van der Waals surface area contributed by atoms with Crippen LogP contribution in [-0.4, -0.2) is 38.9 Å². The van der Waals surface area contributed by atoms with Gasteiger partial charge in [-0.25, -0.2) is 21.9 Å². The quantitative estimate of drug-likeness (QED) is 0.620. The van der Waals surface area contributed by atoms with Crippen LogP contribution in [0.2, 0.25) is 0 Å². The topological polar surface area (TPSA) is 101 Å². The molecule has 1 unspecified atom stereocenters. The van der Waals surface area contributed by atoms with Crippen LogP contribution in [0.5, 0.6) is 0 Å². The number of nitro groups is 1. The van der Waals surface area contributed by atoms with E-state index in [1.54, 1.807) is 0 Å². The molecule has 2 N–H and O–H groups in total. The van der Waals surface area contributed by atoms with Crippen LogP contribution >= 0.6 is 0 Å². The van der Waals surface area contributed by atoms with Gasteiger partial charge in [0.25, 0.3) is 11.6 Å². The molecule has 1 saturated heterocycles. The first-order valence-electron chi connectivity index (χ1n) is 6.56. The molecule has 0 aliphatic carbocycles. The van der Waals surface area contributed by atoms with Gasteiger partial charge in [-0.2, -0.15) is 0 Å². The lowest BCUT2D eigenvalue weighted by molar-refractivity contribution is -0.387. The largest absolute Gasteiger partial charge is 0.311 e. The number of piperidine rings is 1. The van der Waals surface area contributed by atoms with Gasteiger partial charge in [0, 0.05) is 18.5 Å². The van der Waals surface area contributed by atoms with E-state index < -0.39 is 50.5 Å². The summed E-state index contributed by atoms with van der Waals surface area (Å²) in [6.07, 6.45) is 0.117. The number of hydrogen-bond donors (Lipinski definition) is 2. The first kappa shape index (κ1) is 16.7. The van der Waals surface area contributed by atoms with Crippen LogP contribution in [0.15, 0.2) is 29.2 Å². The van der Waals surface area contributed by atoms with Gasteiger partial charge in [-0.1, -0.05) is 12.1 Å². The van der Waals surface area contributed by atoms with Crippen LogP contribution in [0.3, 0.4) is 0 Å². The zero-order valence-corrected chi connectivity index (χ0v) is 12.3. The van der Waals surface area contributed by atoms with E-state index >= 15 is 0 Å². The van der Waals surface area contributed by atoms with Gasteiger partial charge in [-0.3, -0.25) is 10.1 Å². The molecule has 1 aliphatic rings. The van der Waals surface area contributed by atoms with Crippen molar-refractivity contribution in [2.24, 2.45) is 5.92 Å². The molecule has 1 heterocycles. The molecule has 1 aromatic carbocycles. The van der Waals surface area contributed by atoms with Gasteiger partial charge in [-0.15, -0.1) is 0 Å². The molecule has 1 fully saturated rings. The number of rotatable bonds is 5. The molecule has 1 aromatic rings. The Bertz CT molecular complexity index is 666. The molecule has 7 nitrogen and oxygen atoms in total. The lowest BCUT2D eigenvalue weighted by Gasteiger charge is -2.31. The predicted molar refractivity (Wildman–Crippen MR) is 74.2 cm³/mol. The Labute approximate surface area is 125 Å². The highest BCUT2D eigenvalue weighted by molar-refractivity contribution is 7.89. The number of alkyl halides is 2. The average Bonchev–Trinajstić information content (AvgIpc) is 2.45. The number of para-hydroxylation sites is 1. The minimum atomic E-state index is -4.23. The minimum Gasteiger partial charge on any atom is -0.311 e. The summed E-state index contributed by atoms with van der Waals surface area (Å²) in [4.78, 5) is 9.51. The Kier molecular flexibility index (Phi) is 4.73. The number of nitro benzene ring substituents is 1. The summed E-state index contributed by atoms with van der Waals surface area (Å²) in [7, 11) is -4.23. The van der Waals surface area contributed by atoms with Crippen molar-refractivity contribution < 1.29 is 22.1 Å². The fourth-order valence-corrected chi connectivity index (χ4v) is 3.51. The highest BCUT2D eigenvalue weighted by Crippen LogP contribution is 2.29. The van der Waals surface area contributed by atoms with E-state index in [-0.39, 0.29) is 6.42 Å². The highest BCUT2D eigenvalue weighted by Gasteiger charge is 2.42. The molecule has 0 aromatic heterocycles. The summed E-state index contributed by atoms with van der Waals surface area (Å²) >= 11 is 0. The van der Waals surface area contributed by atoms with Gasteiger partial charge in [0.05, 0.1) is 11.5 Å². The van der Waals surface area contributed by atoms with Crippen LogP contribution in [0.4, 0.5) is 14.5 Å². The summed E-state index contributed by atoms with van der Waals surface area (Å²) in [5.74, 6) is -4.17. The molecule has 122 valence electrons. The zero-order valence-electron chi connectivity index (χ0n) is 11.5. The second kappa shape index (κ2) is 6.23. The first-order valence-corrected chi connectivity index (χ1v) is 8.04. The third-order valence-corrected chi connectivity index (χ3v) is 4.97. The molecule has 0 bridgehead atoms. The van der Waals surface area contributed by atoms with Gasteiger partial charge in [0.15, 0.2) is 4.90 Å². The summed E-state index contributed by atoms with van der Waals surface area (Å²) in [6, 6.07) is 4.79. The Morgan fingerprint density at radius 2 is 2.09 bits per heavy atom. The van der Waals surface area contributed by atoms with E-state index in [4.69, 9.17) is 0 Å². The van der Waals surface area contributed by atoms with Gasteiger partial charge >= 0.3 is 0 Å². The van der Waals surface area contributed by atoms with Crippen molar-refractivity contribution in [1.29, 1.82) is 0 Å². The normalized spacial score (nSPS) is 21.5. The Hall–Kier alpha value is -1.65. The number of sulfonamides is 1. The second-order valence-electron chi connectivity index (χ2n) is 5.00. The molecule has 0 saturated carbocycles. The number of nitrogens with one attached hydrogen (secondary N) is 2. The third kappa shape index (κ3) is 3.57. The van der Waals surface area contributed by atoms with E-state index in [1.165, 1.54) is 12.1 Å². The lowest BCUT2D eigenvalue weighted by Crippen LogP contribution is -2.50. The van der Waals surface area contributed by atoms with Crippen molar-refractivity contribution in [2.45, 2.75) is 17.2 Å². The van der Waals surface area contributed by atoms with Crippen LogP contribution in [0.1, 0.15) is 6.42 Å². The van der Waals surface area contributed by atoms with Crippen LogP contribution in [0.25, 0.3) is 0 Å². The first-order chi connectivity index (χ1) is 10.2. The molecule has 2 rings (SSSR count). The SMILES string of the molecule is O=[N+]([O-])c1ccccc1S(=O)(=O)NCC1CCNCC1(F)F. The monoisotopic (exact) mass is 335 g/mol. The maximum absolute atomic E-state index is 13.6. The van der Waals surface area contributed by atoms with Crippen molar-refractivity contribution in [1.82, 2.24) is 10.0 Å². The predicted octanol–water partition coefficient (Wildman–Crippen LogP) is 1.12. The number of nitrogens with zero attached hydrogens (tertiary/aromatic N) is 1.